The molecule has 0 spiro atoms. The summed E-state index contributed by atoms with van der Waals surface area (Å²) in [4.78, 5) is 14.5. The Morgan fingerprint density at radius 1 is 1.12 bits per heavy atom. The van der Waals surface area contributed by atoms with Crippen LogP contribution in [-0.4, -0.2) is 56.4 Å². The van der Waals surface area contributed by atoms with Gasteiger partial charge in [0.05, 0.1) is 11.9 Å². The number of amides is 1. The first-order valence-electron chi connectivity index (χ1n) is 9.69. The van der Waals surface area contributed by atoms with Crippen LogP contribution in [-0.2, 0) is 6.54 Å². The number of benzene rings is 2. The molecule has 32 heavy (non-hydrogen) atoms. The van der Waals surface area contributed by atoms with Gasteiger partial charge in [-0.1, -0.05) is 59.8 Å². The minimum atomic E-state index is -0.514. The van der Waals surface area contributed by atoms with Crippen LogP contribution in [0, 0.1) is 0 Å². The van der Waals surface area contributed by atoms with Crippen LogP contribution in [0.5, 0.6) is 0 Å². The highest BCUT2D eigenvalue weighted by Gasteiger charge is 2.24. The molecule has 2 aromatic carbocycles. The number of hydrogen-bond donors (Lipinski definition) is 2. The van der Waals surface area contributed by atoms with E-state index in [1.807, 2.05) is 73.6 Å². The molecule has 4 rings (SSSR count). The van der Waals surface area contributed by atoms with Gasteiger partial charge in [-0.05, 0) is 41.1 Å². The van der Waals surface area contributed by atoms with Crippen molar-refractivity contribution in [1.29, 1.82) is 0 Å². The SMILES string of the molecule is CN(C)Cc1c(C(=O)N/N=C\c2ccc(-c3ccccc3)cc2)nnn1-c1nonc1N. The lowest BCUT2D eigenvalue weighted by Gasteiger charge is -2.11. The molecule has 0 fully saturated rings. The van der Waals surface area contributed by atoms with Crippen molar-refractivity contribution in [2.24, 2.45) is 5.10 Å². The zero-order valence-electron chi connectivity index (χ0n) is 17.5. The molecule has 0 unspecified atom stereocenters. The highest BCUT2D eigenvalue weighted by atomic mass is 16.6. The first kappa shape index (κ1) is 20.9. The summed E-state index contributed by atoms with van der Waals surface area (Å²) in [7, 11) is 3.70. The fourth-order valence-corrected chi connectivity index (χ4v) is 3.04. The van der Waals surface area contributed by atoms with Crippen molar-refractivity contribution in [2.45, 2.75) is 6.54 Å². The monoisotopic (exact) mass is 431 g/mol. The van der Waals surface area contributed by atoms with Crippen molar-refractivity contribution in [3.8, 4) is 16.9 Å². The van der Waals surface area contributed by atoms with E-state index in [4.69, 9.17) is 5.73 Å². The number of nitrogens with two attached hydrogens (primary N) is 1. The summed E-state index contributed by atoms with van der Waals surface area (Å²) in [5, 5.41) is 19.3. The van der Waals surface area contributed by atoms with E-state index in [1.54, 1.807) is 6.21 Å². The zero-order chi connectivity index (χ0) is 22.5. The van der Waals surface area contributed by atoms with Gasteiger partial charge in [-0.3, -0.25) is 4.79 Å². The van der Waals surface area contributed by atoms with Crippen molar-refractivity contribution in [2.75, 3.05) is 19.8 Å². The van der Waals surface area contributed by atoms with Gasteiger partial charge in [0.25, 0.3) is 5.91 Å². The highest BCUT2D eigenvalue weighted by Crippen LogP contribution is 2.19. The summed E-state index contributed by atoms with van der Waals surface area (Å²) in [6.07, 6.45) is 1.56. The number of carbonyl (C=O) groups is 1. The number of rotatable bonds is 7. The third-order valence-electron chi connectivity index (χ3n) is 4.54. The van der Waals surface area contributed by atoms with E-state index in [-0.39, 0.29) is 17.3 Å². The average molecular weight is 431 g/mol. The third kappa shape index (κ3) is 4.52. The Labute approximate surface area is 183 Å². The molecule has 0 aliphatic rings. The Hall–Kier alpha value is -4.38. The second kappa shape index (κ2) is 9.18. The number of carbonyl (C=O) groups excluding carboxylic acids is 1. The van der Waals surface area contributed by atoms with Crippen molar-refractivity contribution < 1.29 is 9.42 Å². The number of aromatic nitrogens is 5. The van der Waals surface area contributed by atoms with Crippen molar-refractivity contribution in [3.05, 3.63) is 71.5 Å². The zero-order valence-corrected chi connectivity index (χ0v) is 17.5. The van der Waals surface area contributed by atoms with Crippen LogP contribution < -0.4 is 11.2 Å². The summed E-state index contributed by atoms with van der Waals surface area (Å²) in [6, 6.07) is 17.9. The van der Waals surface area contributed by atoms with Gasteiger partial charge in [0.15, 0.2) is 5.69 Å². The molecule has 0 saturated carbocycles. The maximum atomic E-state index is 12.7. The van der Waals surface area contributed by atoms with Crippen molar-refractivity contribution in [1.82, 2.24) is 35.6 Å². The molecule has 2 heterocycles. The number of nitrogens with zero attached hydrogens (tertiary/aromatic N) is 7. The van der Waals surface area contributed by atoms with Crippen LogP contribution in [0.15, 0.2) is 64.3 Å². The highest BCUT2D eigenvalue weighted by molar-refractivity contribution is 5.94. The molecule has 3 N–H and O–H groups in total. The lowest BCUT2D eigenvalue weighted by atomic mass is 10.0. The van der Waals surface area contributed by atoms with E-state index in [1.165, 1.54) is 4.68 Å². The summed E-state index contributed by atoms with van der Waals surface area (Å²) in [5.74, 6) is -0.311. The second-order valence-corrected chi connectivity index (χ2v) is 7.19. The van der Waals surface area contributed by atoms with Gasteiger partial charge in [-0.2, -0.15) is 9.78 Å². The molecule has 1 amide bonds. The number of hydrazone groups is 1. The average Bonchev–Trinajstić information content (AvgIpc) is 3.40. The fourth-order valence-electron chi connectivity index (χ4n) is 3.04. The van der Waals surface area contributed by atoms with E-state index in [0.717, 1.165) is 16.7 Å². The van der Waals surface area contributed by atoms with Gasteiger partial charge in [-0.25, -0.2) is 10.1 Å². The first-order valence-corrected chi connectivity index (χ1v) is 9.69. The standard InChI is InChI=1S/C21H21N9O2/c1-29(2)13-17-18(24-28-30(17)20-19(22)26-32-27-20)21(31)25-23-12-14-8-10-16(11-9-14)15-6-4-3-5-7-15/h3-12H,13H2,1-2H3,(H2,22,26)(H,25,31)/b23-12-. The largest absolute Gasteiger partial charge is 0.378 e. The normalized spacial score (nSPS) is 11.3. The summed E-state index contributed by atoms with van der Waals surface area (Å²) >= 11 is 0. The fraction of sp³-hybridized carbons (Fsp3) is 0.143. The first-order chi connectivity index (χ1) is 15.5. The van der Waals surface area contributed by atoms with E-state index in [2.05, 4.69) is 35.8 Å². The quantitative estimate of drug-likeness (QED) is 0.333. The molecule has 0 atom stereocenters. The van der Waals surface area contributed by atoms with Crippen LogP contribution >= 0.6 is 0 Å². The van der Waals surface area contributed by atoms with Gasteiger partial charge in [0.2, 0.25) is 11.6 Å². The van der Waals surface area contributed by atoms with Crippen LogP contribution in [0.4, 0.5) is 5.82 Å². The Morgan fingerprint density at radius 2 is 1.84 bits per heavy atom. The van der Waals surface area contributed by atoms with E-state index < -0.39 is 5.91 Å². The topological polar surface area (TPSA) is 140 Å². The summed E-state index contributed by atoms with van der Waals surface area (Å²) in [6.45, 7) is 0.354. The molecule has 0 aliphatic carbocycles. The lowest BCUT2D eigenvalue weighted by Crippen LogP contribution is -2.23. The van der Waals surface area contributed by atoms with E-state index in [9.17, 15) is 4.79 Å². The van der Waals surface area contributed by atoms with Crippen LogP contribution in [0.2, 0.25) is 0 Å². The van der Waals surface area contributed by atoms with E-state index >= 15 is 0 Å². The smallest absolute Gasteiger partial charge is 0.293 e. The van der Waals surface area contributed by atoms with Crippen molar-refractivity contribution >= 4 is 17.9 Å². The Balaban J connectivity index is 1.49. The predicted octanol–water partition coefficient (Wildman–Crippen LogP) is 1.72. The molecule has 0 bridgehead atoms. The van der Waals surface area contributed by atoms with Gasteiger partial charge < -0.3 is 10.6 Å². The Morgan fingerprint density at radius 3 is 2.50 bits per heavy atom. The van der Waals surface area contributed by atoms with Crippen molar-refractivity contribution in [3.63, 3.8) is 0 Å². The molecule has 162 valence electrons. The van der Waals surface area contributed by atoms with E-state index in [0.29, 0.717) is 12.2 Å². The maximum Gasteiger partial charge on any atom is 0.293 e. The van der Waals surface area contributed by atoms with Gasteiger partial charge in [0, 0.05) is 6.54 Å². The maximum absolute atomic E-state index is 12.7. The minimum Gasteiger partial charge on any atom is -0.378 e. The Bertz CT molecular complexity index is 1230. The van der Waals surface area contributed by atoms with Crippen LogP contribution in [0.25, 0.3) is 16.9 Å². The second-order valence-electron chi connectivity index (χ2n) is 7.19. The van der Waals surface area contributed by atoms with Gasteiger partial charge >= 0.3 is 0 Å². The van der Waals surface area contributed by atoms with Crippen LogP contribution in [0.3, 0.4) is 0 Å². The molecule has 0 aliphatic heterocycles. The predicted molar refractivity (Wildman–Crippen MR) is 118 cm³/mol. The lowest BCUT2D eigenvalue weighted by molar-refractivity contribution is 0.0948. The number of anilines is 1. The Kier molecular flexibility index (Phi) is 5.99. The number of hydrogen-bond acceptors (Lipinski definition) is 9. The molecule has 11 heteroatoms. The van der Waals surface area contributed by atoms with Gasteiger partial charge in [0.1, 0.15) is 0 Å². The molecule has 2 aromatic heterocycles. The summed E-state index contributed by atoms with van der Waals surface area (Å²) in [5.41, 5.74) is 11.9. The molecular formula is C21H21N9O2. The van der Waals surface area contributed by atoms with Crippen LogP contribution in [0.1, 0.15) is 21.7 Å². The van der Waals surface area contributed by atoms with Gasteiger partial charge in [-0.15, -0.1) is 5.10 Å². The molecule has 0 saturated heterocycles. The molecular weight excluding hydrogens is 410 g/mol. The molecule has 11 nitrogen and oxygen atoms in total. The molecule has 0 radical (unpaired) electrons. The molecule has 4 aromatic rings. The third-order valence-corrected chi connectivity index (χ3v) is 4.54. The minimum absolute atomic E-state index is 0.0406. The number of nitrogens with one attached hydrogen (secondary N) is 1. The summed E-state index contributed by atoms with van der Waals surface area (Å²) < 4.78 is 5.95. The number of nitrogen functional groups attached to an aromatic ring is 1.